The topological polar surface area (TPSA) is 59.1 Å². The van der Waals surface area contributed by atoms with Crippen LogP contribution in [0.1, 0.15) is 25.7 Å². The molecule has 0 saturated heterocycles. The molecule has 1 aliphatic carbocycles. The molecule has 1 heterocycles. The van der Waals surface area contributed by atoms with E-state index in [1.54, 1.807) is 0 Å². The molecule has 0 aliphatic heterocycles. The molecule has 1 aliphatic rings. The highest BCUT2D eigenvalue weighted by molar-refractivity contribution is 7.89. The number of rotatable bonds is 5. The molecule has 1 aromatic heterocycles. The van der Waals surface area contributed by atoms with Crippen molar-refractivity contribution in [2.45, 2.75) is 30.6 Å². The molecule has 0 atom stereocenters. The van der Waals surface area contributed by atoms with E-state index < -0.39 is 10.0 Å². The number of nitrogens with zero attached hydrogens (tertiary/aromatic N) is 1. The highest BCUT2D eigenvalue weighted by Crippen LogP contribution is 2.21. The first-order chi connectivity index (χ1) is 8.59. The lowest BCUT2D eigenvalue weighted by atomic mass is 10.2. The lowest BCUT2D eigenvalue weighted by molar-refractivity contribution is 0.581. The predicted octanol–water partition coefficient (Wildman–Crippen LogP) is 2.51. The fraction of sp³-hybridized carbons (Fsp3) is 0.417. The molecule has 4 nitrogen and oxygen atoms in total. The van der Waals surface area contributed by atoms with Crippen molar-refractivity contribution in [2.24, 2.45) is 0 Å². The fourth-order valence-corrected chi connectivity index (χ4v) is 3.41. The summed E-state index contributed by atoms with van der Waals surface area (Å²) in [5.74, 6) is 0. The van der Waals surface area contributed by atoms with Crippen molar-refractivity contribution in [1.29, 1.82) is 0 Å². The molecule has 1 N–H and O–H groups in total. The van der Waals surface area contributed by atoms with E-state index in [1.807, 2.05) is 0 Å². The van der Waals surface area contributed by atoms with Crippen LogP contribution in [0.2, 0.25) is 5.02 Å². The number of pyridine rings is 1. The Kier molecular flexibility index (Phi) is 4.37. The van der Waals surface area contributed by atoms with Crippen molar-refractivity contribution in [3.05, 3.63) is 35.1 Å². The van der Waals surface area contributed by atoms with Crippen LogP contribution >= 0.6 is 11.6 Å². The zero-order chi connectivity index (χ0) is 13.0. The summed E-state index contributed by atoms with van der Waals surface area (Å²) in [4.78, 5) is 3.82. The lowest BCUT2D eigenvalue weighted by Crippen LogP contribution is -2.25. The summed E-state index contributed by atoms with van der Waals surface area (Å²) in [5, 5.41) is 0.192. The smallest absolute Gasteiger partial charge is 0.243 e. The zero-order valence-electron chi connectivity index (χ0n) is 9.89. The van der Waals surface area contributed by atoms with E-state index in [1.165, 1.54) is 30.5 Å². The summed E-state index contributed by atoms with van der Waals surface area (Å²) in [5.41, 5.74) is 1.33. The maximum atomic E-state index is 12.0. The molecule has 2 rings (SSSR count). The molecular formula is C12H15ClN2O2S. The highest BCUT2D eigenvalue weighted by Gasteiger charge is 2.17. The predicted molar refractivity (Wildman–Crippen MR) is 71.0 cm³/mol. The highest BCUT2D eigenvalue weighted by atomic mass is 35.5. The van der Waals surface area contributed by atoms with Crippen molar-refractivity contribution >= 4 is 21.6 Å². The SMILES string of the molecule is O=S(=O)(NCCC1=CCCC1)c1cnccc1Cl. The van der Waals surface area contributed by atoms with E-state index in [0.29, 0.717) is 6.54 Å². The number of aromatic nitrogens is 1. The molecule has 0 bridgehead atoms. The summed E-state index contributed by atoms with van der Waals surface area (Å²) in [6, 6.07) is 1.47. The van der Waals surface area contributed by atoms with E-state index in [9.17, 15) is 8.42 Å². The van der Waals surface area contributed by atoms with Crippen LogP contribution in [0.3, 0.4) is 0 Å². The molecular weight excluding hydrogens is 272 g/mol. The Balaban J connectivity index is 1.97. The number of allylic oxidation sites excluding steroid dienone is 1. The zero-order valence-corrected chi connectivity index (χ0v) is 11.5. The number of nitrogens with one attached hydrogen (secondary N) is 1. The van der Waals surface area contributed by atoms with Gasteiger partial charge in [0.2, 0.25) is 10.0 Å². The Morgan fingerprint density at radius 1 is 1.44 bits per heavy atom. The first-order valence-corrected chi connectivity index (χ1v) is 7.73. The second-order valence-electron chi connectivity index (χ2n) is 4.21. The molecule has 0 fully saturated rings. The summed E-state index contributed by atoms with van der Waals surface area (Å²) in [6.45, 7) is 0.402. The molecule has 98 valence electrons. The maximum Gasteiger partial charge on any atom is 0.243 e. The number of hydrogen-bond donors (Lipinski definition) is 1. The molecule has 1 aromatic rings. The molecule has 0 amide bonds. The van der Waals surface area contributed by atoms with Gasteiger partial charge in [-0.2, -0.15) is 0 Å². The standard InChI is InChI=1S/C12H15ClN2O2S/c13-11-6-7-14-9-12(11)18(16,17)15-8-5-10-3-1-2-4-10/h3,6-7,9,15H,1-2,4-5,8H2. The summed E-state index contributed by atoms with van der Waals surface area (Å²) >= 11 is 5.84. The minimum atomic E-state index is -3.55. The van der Waals surface area contributed by atoms with Crippen molar-refractivity contribution in [2.75, 3.05) is 6.54 Å². The van der Waals surface area contributed by atoms with Gasteiger partial charge in [-0.15, -0.1) is 0 Å². The quantitative estimate of drug-likeness (QED) is 0.846. The van der Waals surface area contributed by atoms with Crippen LogP contribution in [0.4, 0.5) is 0 Å². The number of hydrogen-bond acceptors (Lipinski definition) is 3. The first kappa shape index (κ1) is 13.5. The fourth-order valence-electron chi connectivity index (χ4n) is 1.95. The summed E-state index contributed by atoms with van der Waals surface area (Å²) in [7, 11) is -3.55. The average molecular weight is 287 g/mol. The van der Waals surface area contributed by atoms with Crippen molar-refractivity contribution < 1.29 is 8.42 Å². The van der Waals surface area contributed by atoms with E-state index >= 15 is 0 Å². The van der Waals surface area contributed by atoms with Crippen LogP contribution in [0, 0.1) is 0 Å². The van der Waals surface area contributed by atoms with Crippen LogP contribution < -0.4 is 4.72 Å². The summed E-state index contributed by atoms with van der Waals surface area (Å²) in [6.07, 6.45) is 9.04. The Morgan fingerprint density at radius 3 is 2.94 bits per heavy atom. The van der Waals surface area contributed by atoms with Gasteiger partial charge in [-0.25, -0.2) is 13.1 Å². The molecule has 0 spiro atoms. The third-order valence-electron chi connectivity index (χ3n) is 2.90. The Bertz CT molecular complexity index is 555. The van der Waals surface area contributed by atoms with Gasteiger partial charge in [0, 0.05) is 18.9 Å². The second kappa shape index (κ2) is 5.82. The van der Waals surface area contributed by atoms with E-state index in [4.69, 9.17) is 11.6 Å². The summed E-state index contributed by atoms with van der Waals surface area (Å²) < 4.78 is 26.5. The van der Waals surface area contributed by atoms with Gasteiger partial charge in [0.05, 0.1) is 5.02 Å². The van der Waals surface area contributed by atoms with Gasteiger partial charge in [-0.3, -0.25) is 4.98 Å². The van der Waals surface area contributed by atoms with Crippen LogP contribution in [0.15, 0.2) is 35.0 Å². The van der Waals surface area contributed by atoms with E-state index in [0.717, 1.165) is 19.3 Å². The van der Waals surface area contributed by atoms with Gasteiger partial charge >= 0.3 is 0 Å². The van der Waals surface area contributed by atoms with Gasteiger partial charge in [0.25, 0.3) is 0 Å². The van der Waals surface area contributed by atoms with Crippen molar-refractivity contribution in [3.8, 4) is 0 Å². The molecule has 6 heteroatoms. The largest absolute Gasteiger partial charge is 0.263 e. The number of sulfonamides is 1. The Hall–Kier alpha value is -0.910. The molecule has 0 saturated carbocycles. The van der Waals surface area contributed by atoms with E-state index in [-0.39, 0.29) is 9.92 Å². The molecule has 18 heavy (non-hydrogen) atoms. The molecule has 0 unspecified atom stereocenters. The minimum absolute atomic E-state index is 0.0343. The normalized spacial score (nSPS) is 15.7. The van der Waals surface area contributed by atoms with Gasteiger partial charge in [0.15, 0.2) is 0 Å². The maximum absolute atomic E-state index is 12.0. The van der Waals surface area contributed by atoms with Gasteiger partial charge in [-0.05, 0) is 31.7 Å². The lowest BCUT2D eigenvalue weighted by Gasteiger charge is -2.08. The third kappa shape index (κ3) is 3.31. The monoisotopic (exact) mass is 286 g/mol. The Morgan fingerprint density at radius 2 is 2.28 bits per heavy atom. The van der Waals surface area contributed by atoms with Gasteiger partial charge in [0.1, 0.15) is 4.90 Å². The van der Waals surface area contributed by atoms with Crippen LogP contribution in [0.25, 0.3) is 0 Å². The van der Waals surface area contributed by atoms with Gasteiger partial charge in [-0.1, -0.05) is 23.3 Å². The molecule has 0 radical (unpaired) electrons. The van der Waals surface area contributed by atoms with Crippen molar-refractivity contribution in [1.82, 2.24) is 9.71 Å². The third-order valence-corrected chi connectivity index (χ3v) is 4.83. The first-order valence-electron chi connectivity index (χ1n) is 5.87. The van der Waals surface area contributed by atoms with E-state index in [2.05, 4.69) is 15.8 Å². The molecule has 0 aromatic carbocycles. The van der Waals surface area contributed by atoms with Crippen molar-refractivity contribution in [3.63, 3.8) is 0 Å². The van der Waals surface area contributed by atoms with Gasteiger partial charge < -0.3 is 0 Å². The second-order valence-corrected chi connectivity index (χ2v) is 6.35. The van der Waals surface area contributed by atoms with Crippen LogP contribution in [-0.2, 0) is 10.0 Å². The Labute approximate surface area is 112 Å². The average Bonchev–Trinajstić information content (AvgIpc) is 2.82. The minimum Gasteiger partial charge on any atom is -0.263 e. The van der Waals surface area contributed by atoms with Crippen LogP contribution in [-0.4, -0.2) is 19.9 Å². The van der Waals surface area contributed by atoms with Crippen LogP contribution in [0.5, 0.6) is 0 Å². The number of halogens is 1.